The zero-order chi connectivity index (χ0) is 16.9. The van der Waals surface area contributed by atoms with Gasteiger partial charge in [-0.25, -0.2) is 4.79 Å². The number of rotatable bonds is 5. The van der Waals surface area contributed by atoms with E-state index in [9.17, 15) is 4.79 Å². The number of carbonyl (C=O) groups is 1. The number of aromatic nitrogens is 2. The average molecular weight is 405 g/mol. The Morgan fingerprint density at radius 3 is 2.96 bits per heavy atom. The first-order chi connectivity index (χ1) is 11.6. The van der Waals surface area contributed by atoms with Crippen molar-refractivity contribution in [3.8, 4) is 10.8 Å². The topological polar surface area (TPSA) is 65.2 Å². The van der Waals surface area contributed by atoms with Gasteiger partial charge in [-0.3, -0.25) is 0 Å². The minimum absolute atomic E-state index is 0.266. The van der Waals surface area contributed by atoms with Crippen molar-refractivity contribution in [3.63, 3.8) is 0 Å². The van der Waals surface area contributed by atoms with Gasteiger partial charge in [-0.1, -0.05) is 34.1 Å². The Balaban J connectivity index is 1.62. The lowest BCUT2D eigenvalue weighted by atomic mass is 10.2. The number of esters is 1. The van der Waals surface area contributed by atoms with Crippen molar-refractivity contribution < 1.29 is 13.9 Å². The molecule has 0 radical (unpaired) electrons. The van der Waals surface area contributed by atoms with E-state index in [2.05, 4.69) is 26.1 Å². The summed E-state index contributed by atoms with van der Waals surface area (Å²) >= 11 is 4.88. The zero-order valence-electron chi connectivity index (χ0n) is 12.7. The Morgan fingerprint density at radius 2 is 2.21 bits per heavy atom. The first-order valence-electron chi connectivity index (χ1n) is 7.13. The van der Waals surface area contributed by atoms with E-state index in [0.717, 1.165) is 14.9 Å². The largest absolute Gasteiger partial charge is 0.449 e. The second-order valence-corrected chi connectivity index (χ2v) is 6.75. The van der Waals surface area contributed by atoms with Gasteiger partial charge < -0.3 is 9.15 Å². The summed E-state index contributed by atoms with van der Waals surface area (Å²) in [7, 11) is 0. The highest BCUT2D eigenvalue weighted by atomic mass is 79.9. The summed E-state index contributed by atoms with van der Waals surface area (Å²) in [5.74, 6) is 0.216. The zero-order valence-corrected chi connectivity index (χ0v) is 15.1. The van der Waals surface area contributed by atoms with Gasteiger partial charge in [-0.05, 0) is 42.1 Å². The highest BCUT2D eigenvalue weighted by molar-refractivity contribution is 9.10. The van der Waals surface area contributed by atoms with Crippen LogP contribution in [0.1, 0.15) is 24.5 Å². The van der Waals surface area contributed by atoms with Crippen LogP contribution in [0.3, 0.4) is 0 Å². The van der Waals surface area contributed by atoms with Crippen LogP contribution in [0.5, 0.6) is 0 Å². The van der Waals surface area contributed by atoms with Crippen LogP contribution in [-0.2, 0) is 9.53 Å². The van der Waals surface area contributed by atoms with Gasteiger partial charge in [0.25, 0.3) is 11.8 Å². The maximum absolute atomic E-state index is 11.9. The normalized spacial score (nSPS) is 12.4. The maximum atomic E-state index is 11.9. The molecule has 2 heterocycles. The van der Waals surface area contributed by atoms with E-state index in [-0.39, 0.29) is 5.89 Å². The molecule has 7 heteroatoms. The lowest BCUT2D eigenvalue weighted by molar-refractivity contribution is -0.143. The summed E-state index contributed by atoms with van der Waals surface area (Å²) in [5, 5.41) is 9.83. The number of hydrogen-bond acceptors (Lipinski definition) is 6. The molecule has 0 spiro atoms. The van der Waals surface area contributed by atoms with E-state index >= 15 is 0 Å². The lowest BCUT2D eigenvalue weighted by Crippen LogP contribution is -2.06. The van der Waals surface area contributed by atoms with Crippen LogP contribution in [0.2, 0.25) is 0 Å². The van der Waals surface area contributed by atoms with Gasteiger partial charge >= 0.3 is 5.97 Å². The number of carbonyl (C=O) groups excluding carboxylic acids is 1. The van der Waals surface area contributed by atoms with Crippen molar-refractivity contribution in [1.29, 1.82) is 0 Å². The first kappa shape index (κ1) is 16.6. The van der Waals surface area contributed by atoms with Crippen LogP contribution in [0.4, 0.5) is 0 Å². The summed E-state index contributed by atoms with van der Waals surface area (Å²) < 4.78 is 11.8. The van der Waals surface area contributed by atoms with Gasteiger partial charge in [0.05, 0.1) is 4.88 Å². The van der Waals surface area contributed by atoms with Crippen molar-refractivity contribution >= 4 is 39.3 Å². The summed E-state index contributed by atoms with van der Waals surface area (Å²) in [6.07, 6.45) is 2.44. The molecule has 5 nitrogen and oxygen atoms in total. The molecule has 0 N–H and O–H groups in total. The molecular formula is C17H13BrN2O3S. The molecule has 0 aliphatic rings. The summed E-state index contributed by atoms with van der Waals surface area (Å²) in [6, 6.07) is 11.4. The number of ether oxygens (including phenoxy) is 1. The molecule has 0 amide bonds. The van der Waals surface area contributed by atoms with Crippen LogP contribution in [-0.4, -0.2) is 16.2 Å². The third kappa shape index (κ3) is 4.18. The predicted molar refractivity (Wildman–Crippen MR) is 95.3 cm³/mol. The second kappa shape index (κ2) is 7.55. The number of hydrogen-bond donors (Lipinski definition) is 0. The van der Waals surface area contributed by atoms with Crippen LogP contribution in [0, 0.1) is 0 Å². The summed E-state index contributed by atoms with van der Waals surface area (Å²) in [4.78, 5) is 12.8. The van der Waals surface area contributed by atoms with Gasteiger partial charge in [0.15, 0.2) is 6.10 Å². The Labute approximate surface area is 151 Å². The quantitative estimate of drug-likeness (QED) is 0.447. The molecule has 0 saturated heterocycles. The molecule has 0 fully saturated rings. The standard InChI is InChI=1S/C17H13BrN2O3S/c1-11(16-19-20-17(23-16)14-6-3-9-24-14)22-15(21)8-7-12-4-2-5-13(18)10-12/h2-11H,1H3/b8-7+/t11-/m1/s1. The van der Waals surface area contributed by atoms with E-state index in [4.69, 9.17) is 9.15 Å². The average Bonchev–Trinajstić information content (AvgIpc) is 3.24. The van der Waals surface area contributed by atoms with Gasteiger partial charge in [-0.2, -0.15) is 0 Å². The van der Waals surface area contributed by atoms with E-state index < -0.39 is 12.1 Å². The van der Waals surface area contributed by atoms with Crippen molar-refractivity contribution in [1.82, 2.24) is 10.2 Å². The fourth-order valence-corrected chi connectivity index (χ4v) is 3.00. The molecule has 0 unspecified atom stereocenters. The van der Waals surface area contributed by atoms with E-state index in [1.165, 1.54) is 17.4 Å². The second-order valence-electron chi connectivity index (χ2n) is 4.89. The molecule has 3 aromatic rings. The van der Waals surface area contributed by atoms with Crippen molar-refractivity contribution in [3.05, 3.63) is 63.8 Å². The van der Waals surface area contributed by atoms with E-state index in [0.29, 0.717) is 5.89 Å². The van der Waals surface area contributed by atoms with Crippen molar-refractivity contribution in [2.24, 2.45) is 0 Å². The molecule has 0 bridgehead atoms. The Morgan fingerprint density at radius 1 is 1.33 bits per heavy atom. The van der Waals surface area contributed by atoms with Crippen LogP contribution >= 0.6 is 27.3 Å². The Kier molecular flexibility index (Phi) is 5.22. The minimum atomic E-state index is -0.620. The highest BCUT2D eigenvalue weighted by Gasteiger charge is 2.18. The minimum Gasteiger partial charge on any atom is -0.449 e. The molecular weight excluding hydrogens is 392 g/mol. The fourth-order valence-electron chi connectivity index (χ4n) is 1.94. The number of nitrogens with zero attached hydrogens (tertiary/aromatic N) is 2. The molecule has 1 aromatic carbocycles. The predicted octanol–water partition coefficient (Wildman–Crippen LogP) is 4.88. The molecule has 0 aliphatic heterocycles. The van der Waals surface area contributed by atoms with Gasteiger partial charge in [0, 0.05) is 10.5 Å². The highest BCUT2D eigenvalue weighted by Crippen LogP contribution is 2.25. The summed E-state index contributed by atoms with van der Waals surface area (Å²) in [5.41, 5.74) is 0.895. The van der Waals surface area contributed by atoms with Crippen molar-refractivity contribution in [2.45, 2.75) is 13.0 Å². The maximum Gasteiger partial charge on any atom is 0.331 e. The SMILES string of the molecule is C[C@@H](OC(=O)/C=C/c1cccc(Br)c1)c1nnc(-c2cccs2)o1. The molecule has 24 heavy (non-hydrogen) atoms. The van der Waals surface area contributed by atoms with Gasteiger partial charge in [0.2, 0.25) is 0 Å². The van der Waals surface area contributed by atoms with Crippen LogP contribution in [0.15, 0.2) is 56.7 Å². The number of thiophene rings is 1. The molecule has 0 saturated carbocycles. The number of halogens is 1. The lowest BCUT2D eigenvalue weighted by Gasteiger charge is -2.06. The molecule has 1 atom stereocenters. The van der Waals surface area contributed by atoms with Gasteiger partial charge in [0.1, 0.15) is 0 Å². The smallest absolute Gasteiger partial charge is 0.331 e. The van der Waals surface area contributed by atoms with Crippen LogP contribution < -0.4 is 0 Å². The monoisotopic (exact) mass is 404 g/mol. The van der Waals surface area contributed by atoms with E-state index in [1.54, 1.807) is 13.0 Å². The first-order valence-corrected chi connectivity index (χ1v) is 8.80. The Hall–Kier alpha value is -2.25. The molecule has 0 aliphatic carbocycles. The molecule has 3 rings (SSSR count). The Bertz CT molecular complexity index is 858. The van der Waals surface area contributed by atoms with Crippen molar-refractivity contribution in [2.75, 3.05) is 0 Å². The van der Waals surface area contributed by atoms with Crippen LogP contribution in [0.25, 0.3) is 16.8 Å². The molecule has 122 valence electrons. The fraction of sp³-hybridized carbons (Fsp3) is 0.118. The number of benzene rings is 1. The molecule has 2 aromatic heterocycles. The third-order valence-electron chi connectivity index (χ3n) is 3.07. The van der Waals surface area contributed by atoms with Gasteiger partial charge in [-0.15, -0.1) is 21.5 Å². The summed E-state index contributed by atoms with van der Waals surface area (Å²) in [6.45, 7) is 1.69. The third-order valence-corrected chi connectivity index (χ3v) is 4.42. The van der Waals surface area contributed by atoms with E-state index in [1.807, 2.05) is 41.8 Å².